The second-order valence-corrected chi connectivity index (χ2v) is 5.72. The molecular weight excluding hydrogens is 348 g/mol. The van der Waals surface area contributed by atoms with Gasteiger partial charge in [0.1, 0.15) is 0 Å². The number of non-ortho nitro benzene ring substituents is 1. The lowest BCUT2D eigenvalue weighted by Gasteiger charge is -2.10. The maximum atomic E-state index is 12.3. The van der Waals surface area contributed by atoms with Crippen molar-refractivity contribution in [2.75, 3.05) is 13.1 Å². The Kier molecular flexibility index (Phi) is 6.05. The second-order valence-electron chi connectivity index (χ2n) is 5.72. The van der Waals surface area contributed by atoms with Crippen molar-refractivity contribution in [2.24, 2.45) is 0 Å². The summed E-state index contributed by atoms with van der Waals surface area (Å²) in [6.07, 6.45) is 2.15. The van der Waals surface area contributed by atoms with E-state index >= 15 is 0 Å². The van der Waals surface area contributed by atoms with Gasteiger partial charge in [0.2, 0.25) is 0 Å². The highest BCUT2D eigenvalue weighted by Crippen LogP contribution is 2.18. The molecule has 1 aliphatic rings. The number of aromatic nitrogens is 3. The van der Waals surface area contributed by atoms with Gasteiger partial charge in [0.05, 0.1) is 16.3 Å². The van der Waals surface area contributed by atoms with E-state index < -0.39 is 4.92 Å². The Bertz CT molecular complexity index is 772. The second kappa shape index (κ2) is 8.04. The van der Waals surface area contributed by atoms with E-state index in [1.807, 2.05) is 0 Å². The highest BCUT2D eigenvalue weighted by molar-refractivity contribution is 5.93. The molecule has 1 aromatic heterocycles. The van der Waals surface area contributed by atoms with Crippen LogP contribution in [0, 0.1) is 17.0 Å². The van der Waals surface area contributed by atoms with Crippen LogP contribution in [0.15, 0.2) is 24.3 Å². The number of nitro benzene ring substituents is 1. The van der Waals surface area contributed by atoms with Gasteiger partial charge >= 0.3 is 0 Å². The van der Waals surface area contributed by atoms with Gasteiger partial charge in [-0.15, -0.1) is 17.5 Å². The van der Waals surface area contributed by atoms with Gasteiger partial charge in [-0.2, -0.15) is 0 Å². The smallest absolute Gasteiger partial charge is 0.273 e. The molecule has 2 N–H and O–H groups in total. The van der Waals surface area contributed by atoms with E-state index in [9.17, 15) is 14.9 Å². The molecule has 1 amide bonds. The first-order valence-corrected chi connectivity index (χ1v) is 7.75. The van der Waals surface area contributed by atoms with Gasteiger partial charge in [0.25, 0.3) is 11.6 Å². The number of amides is 1. The lowest BCUT2D eigenvalue weighted by atomic mass is 10.2. The first-order chi connectivity index (χ1) is 11.6. The van der Waals surface area contributed by atoms with Gasteiger partial charge in [-0.05, 0) is 32.4 Å². The van der Waals surface area contributed by atoms with Crippen LogP contribution in [-0.4, -0.2) is 45.0 Å². The standard InChI is InChI=1S/C15H18N6O3.ClH/c1-10-14(15(22)17-9-11-4-3-7-16-11)18-19-20(10)12-5-2-6-13(8-12)21(23)24;/h2,5-6,8,11,16H,3-4,7,9H2,1H3,(H,17,22);1H. The third-order valence-electron chi connectivity index (χ3n) is 4.07. The number of nitrogens with one attached hydrogen (secondary N) is 2. The van der Waals surface area contributed by atoms with Crippen LogP contribution in [0.5, 0.6) is 0 Å². The third kappa shape index (κ3) is 4.12. The van der Waals surface area contributed by atoms with Crippen LogP contribution in [0.3, 0.4) is 0 Å². The van der Waals surface area contributed by atoms with Crippen LogP contribution in [0.4, 0.5) is 5.69 Å². The van der Waals surface area contributed by atoms with E-state index in [-0.39, 0.29) is 29.7 Å². The Morgan fingerprint density at radius 2 is 2.32 bits per heavy atom. The zero-order valence-electron chi connectivity index (χ0n) is 13.6. The largest absolute Gasteiger partial charge is 0.349 e. The van der Waals surface area contributed by atoms with Crippen molar-refractivity contribution in [3.63, 3.8) is 0 Å². The predicted molar refractivity (Wildman–Crippen MR) is 93.4 cm³/mol. The molecule has 9 nitrogen and oxygen atoms in total. The summed E-state index contributed by atoms with van der Waals surface area (Å²) in [5, 5.41) is 24.9. The fourth-order valence-corrected chi connectivity index (χ4v) is 2.75. The summed E-state index contributed by atoms with van der Waals surface area (Å²) in [6.45, 7) is 3.23. The Labute approximate surface area is 150 Å². The Hall–Kier alpha value is -2.52. The molecule has 2 heterocycles. The van der Waals surface area contributed by atoms with Crippen LogP contribution in [0.2, 0.25) is 0 Å². The van der Waals surface area contributed by atoms with E-state index in [1.165, 1.54) is 16.8 Å². The molecule has 2 aromatic rings. The molecule has 1 aliphatic heterocycles. The van der Waals surface area contributed by atoms with Crippen LogP contribution in [0.1, 0.15) is 29.0 Å². The van der Waals surface area contributed by atoms with E-state index in [0.29, 0.717) is 24.0 Å². The maximum absolute atomic E-state index is 12.3. The minimum absolute atomic E-state index is 0. The monoisotopic (exact) mass is 366 g/mol. The van der Waals surface area contributed by atoms with Gasteiger partial charge in [-0.1, -0.05) is 11.3 Å². The van der Waals surface area contributed by atoms with Gasteiger partial charge in [0.15, 0.2) is 5.69 Å². The molecule has 0 bridgehead atoms. The van der Waals surface area contributed by atoms with Crippen LogP contribution < -0.4 is 10.6 Å². The lowest BCUT2D eigenvalue weighted by Crippen LogP contribution is -2.37. The summed E-state index contributed by atoms with van der Waals surface area (Å²) < 4.78 is 1.43. The molecule has 3 rings (SSSR count). The molecular formula is C15H19ClN6O3. The van der Waals surface area contributed by atoms with Gasteiger partial charge in [0, 0.05) is 24.7 Å². The van der Waals surface area contributed by atoms with Crippen LogP contribution in [0.25, 0.3) is 5.69 Å². The molecule has 1 atom stereocenters. The normalized spacial score (nSPS) is 16.3. The molecule has 0 aliphatic carbocycles. The van der Waals surface area contributed by atoms with Gasteiger partial charge < -0.3 is 10.6 Å². The van der Waals surface area contributed by atoms with Crippen LogP contribution in [-0.2, 0) is 0 Å². The van der Waals surface area contributed by atoms with Crippen molar-refractivity contribution in [2.45, 2.75) is 25.8 Å². The van der Waals surface area contributed by atoms with Crippen molar-refractivity contribution >= 4 is 24.0 Å². The molecule has 1 saturated heterocycles. The van der Waals surface area contributed by atoms with Crippen LogP contribution >= 0.6 is 12.4 Å². The fourth-order valence-electron chi connectivity index (χ4n) is 2.75. The number of nitro groups is 1. The molecule has 25 heavy (non-hydrogen) atoms. The number of nitrogens with zero attached hydrogens (tertiary/aromatic N) is 4. The minimum atomic E-state index is -0.474. The van der Waals surface area contributed by atoms with E-state index in [4.69, 9.17) is 0 Å². The highest BCUT2D eigenvalue weighted by Gasteiger charge is 2.20. The summed E-state index contributed by atoms with van der Waals surface area (Å²) in [7, 11) is 0. The van der Waals surface area contributed by atoms with Crippen molar-refractivity contribution in [3.8, 4) is 5.69 Å². The first kappa shape index (κ1) is 18.8. The van der Waals surface area contributed by atoms with Crippen molar-refractivity contribution < 1.29 is 9.72 Å². The molecule has 134 valence electrons. The summed E-state index contributed by atoms with van der Waals surface area (Å²) in [5.41, 5.74) is 1.21. The molecule has 1 fully saturated rings. The fraction of sp³-hybridized carbons (Fsp3) is 0.400. The summed E-state index contributed by atoms with van der Waals surface area (Å²) in [6, 6.07) is 6.34. The van der Waals surface area contributed by atoms with E-state index in [2.05, 4.69) is 20.9 Å². The maximum Gasteiger partial charge on any atom is 0.273 e. The average Bonchev–Trinajstić information content (AvgIpc) is 3.22. The van der Waals surface area contributed by atoms with E-state index in [0.717, 1.165) is 19.4 Å². The van der Waals surface area contributed by atoms with Crippen molar-refractivity contribution in [1.82, 2.24) is 25.6 Å². The van der Waals surface area contributed by atoms with Gasteiger partial charge in [-0.25, -0.2) is 4.68 Å². The number of hydrogen-bond donors (Lipinski definition) is 2. The molecule has 0 radical (unpaired) electrons. The number of rotatable bonds is 5. The number of hydrogen-bond acceptors (Lipinski definition) is 6. The number of benzene rings is 1. The SMILES string of the molecule is Cc1c(C(=O)NCC2CCCN2)nnn1-c1cccc([N+](=O)[O-])c1.Cl. The first-order valence-electron chi connectivity index (χ1n) is 7.75. The van der Waals surface area contributed by atoms with E-state index in [1.54, 1.807) is 19.1 Å². The summed E-state index contributed by atoms with van der Waals surface area (Å²) >= 11 is 0. The van der Waals surface area contributed by atoms with Crippen molar-refractivity contribution in [1.29, 1.82) is 0 Å². The lowest BCUT2D eigenvalue weighted by molar-refractivity contribution is -0.384. The Morgan fingerprint density at radius 3 is 3.00 bits per heavy atom. The minimum Gasteiger partial charge on any atom is -0.349 e. The average molecular weight is 367 g/mol. The third-order valence-corrected chi connectivity index (χ3v) is 4.07. The molecule has 1 aromatic carbocycles. The quantitative estimate of drug-likeness (QED) is 0.610. The zero-order valence-corrected chi connectivity index (χ0v) is 14.5. The van der Waals surface area contributed by atoms with Gasteiger partial charge in [-0.3, -0.25) is 14.9 Å². The highest BCUT2D eigenvalue weighted by atomic mass is 35.5. The molecule has 0 spiro atoms. The molecule has 10 heteroatoms. The summed E-state index contributed by atoms with van der Waals surface area (Å²) in [4.78, 5) is 22.7. The Balaban J connectivity index is 0.00000225. The predicted octanol–water partition coefficient (Wildman–Crippen LogP) is 1.39. The molecule has 0 saturated carbocycles. The zero-order chi connectivity index (χ0) is 17.1. The summed E-state index contributed by atoms with van der Waals surface area (Å²) in [5.74, 6) is -0.294. The van der Waals surface area contributed by atoms with Crippen molar-refractivity contribution in [3.05, 3.63) is 45.8 Å². The molecule has 1 unspecified atom stereocenters. The number of carbonyl (C=O) groups excluding carboxylic acids is 1. The number of carbonyl (C=O) groups is 1. The Morgan fingerprint density at radius 1 is 1.52 bits per heavy atom. The topological polar surface area (TPSA) is 115 Å². The number of halogens is 1.